The highest BCUT2D eigenvalue weighted by atomic mass is 32.2. The standard InChI is InChI=1S/C12H18N2O5S/c1-13-20(17,18)11-6-4-3-5-10(11)14-8-9(19-2)7-12(15)16/h3-6,9,13-14H,7-8H2,1-2H3,(H,15,16). The summed E-state index contributed by atoms with van der Waals surface area (Å²) in [4.78, 5) is 10.7. The average Bonchev–Trinajstić information content (AvgIpc) is 2.43. The topological polar surface area (TPSA) is 105 Å². The van der Waals surface area contributed by atoms with Gasteiger partial charge in [-0.1, -0.05) is 12.1 Å². The number of carbonyl (C=O) groups is 1. The van der Waals surface area contributed by atoms with Crippen molar-refractivity contribution in [1.82, 2.24) is 4.72 Å². The summed E-state index contributed by atoms with van der Waals surface area (Å²) in [5.41, 5.74) is 0.397. The van der Waals surface area contributed by atoms with Gasteiger partial charge in [-0.2, -0.15) is 0 Å². The number of sulfonamides is 1. The van der Waals surface area contributed by atoms with Crippen molar-refractivity contribution in [3.8, 4) is 0 Å². The van der Waals surface area contributed by atoms with E-state index in [1.165, 1.54) is 20.2 Å². The first-order valence-corrected chi connectivity index (χ1v) is 7.40. The lowest BCUT2D eigenvalue weighted by Crippen LogP contribution is -2.26. The number of carboxylic acids is 1. The SMILES string of the molecule is CNS(=O)(=O)c1ccccc1NCC(CC(=O)O)OC. The van der Waals surface area contributed by atoms with Crippen LogP contribution in [0, 0.1) is 0 Å². The van der Waals surface area contributed by atoms with E-state index in [0.717, 1.165) is 0 Å². The first-order valence-electron chi connectivity index (χ1n) is 5.91. The molecule has 0 fully saturated rings. The number of ether oxygens (including phenoxy) is 1. The van der Waals surface area contributed by atoms with E-state index in [2.05, 4.69) is 10.0 Å². The van der Waals surface area contributed by atoms with Gasteiger partial charge >= 0.3 is 5.97 Å². The number of hydrogen-bond donors (Lipinski definition) is 3. The van der Waals surface area contributed by atoms with E-state index in [0.29, 0.717) is 5.69 Å². The van der Waals surface area contributed by atoms with Gasteiger partial charge in [0.2, 0.25) is 10.0 Å². The Morgan fingerprint density at radius 3 is 2.60 bits per heavy atom. The van der Waals surface area contributed by atoms with E-state index in [1.807, 2.05) is 0 Å². The second-order valence-corrected chi connectivity index (χ2v) is 5.90. The van der Waals surface area contributed by atoms with Gasteiger partial charge in [0.05, 0.1) is 18.2 Å². The van der Waals surface area contributed by atoms with E-state index < -0.39 is 22.1 Å². The molecule has 0 aromatic heterocycles. The van der Waals surface area contributed by atoms with Gasteiger partial charge in [0.25, 0.3) is 0 Å². The summed E-state index contributed by atoms with van der Waals surface area (Å²) < 4.78 is 30.9. The number of hydrogen-bond acceptors (Lipinski definition) is 5. The minimum absolute atomic E-state index is 0.104. The highest BCUT2D eigenvalue weighted by Gasteiger charge is 2.17. The Morgan fingerprint density at radius 2 is 2.05 bits per heavy atom. The molecule has 112 valence electrons. The Kier molecular flexibility index (Phi) is 5.93. The lowest BCUT2D eigenvalue weighted by Gasteiger charge is -2.16. The van der Waals surface area contributed by atoms with Crippen molar-refractivity contribution in [1.29, 1.82) is 0 Å². The number of rotatable bonds is 8. The molecule has 1 atom stereocenters. The second kappa shape index (κ2) is 7.22. The third kappa shape index (κ3) is 4.48. The molecule has 1 unspecified atom stereocenters. The fraction of sp³-hybridized carbons (Fsp3) is 0.417. The first-order chi connectivity index (χ1) is 9.40. The van der Waals surface area contributed by atoms with E-state index in [4.69, 9.17) is 9.84 Å². The quantitative estimate of drug-likeness (QED) is 0.646. The number of benzene rings is 1. The molecule has 7 nitrogen and oxygen atoms in total. The lowest BCUT2D eigenvalue weighted by atomic mass is 10.2. The van der Waals surface area contributed by atoms with E-state index in [9.17, 15) is 13.2 Å². The lowest BCUT2D eigenvalue weighted by molar-refractivity contribution is -0.139. The number of anilines is 1. The normalized spacial score (nSPS) is 12.9. The molecule has 0 aliphatic carbocycles. The first kappa shape index (κ1) is 16.4. The van der Waals surface area contributed by atoms with Crippen LogP contribution in [0.25, 0.3) is 0 Å². The maximum Gasteiger partial charge on any atom is 0.306 e. The largest absolute Gasteiger partial charge is 0.481 e. The van der Waals surface area contributed by atoms with Gasteiger partial charge in [0.1, 0.15) is 4.90 Å². The second-order valence-electron chi connectivity index (χ2n) is 4.04. The molecule has 20 heavy (non-hydrogen) atoms. The molecule has 1 aromatic rings. The summed E-state index contributed by atoms with van der Waals surface area (Å²) >= 11 is 0. The van der Waals surface area contributed by atoms with Gasteiger partial charge in [-0.15, -0.1) is 0 Å². The molecule has 3 N–H and O–H groups in total. The highest BCUT2D eigenvalue weighted by molar-refractivity contribution is 7.89. The molecule has 0 spiro atoms. The third-order valence-corrected chi connectivity index (χ3v) is 4.17. The van der Waals surface area contributed by atoms with Crippen LogP contribution in [0.2, 0.25) is 0 Å². The Labute approximate surface area is 118 Å². The van der Waals surface area contributed by atoms with Crippen LogP contribution in [-0.2, 0) is 19.6 Å². The Hall–Kier alpha value is -1.64. The smallest absolute Gasteiger partial charge is 0.306 e. The molecule has 0 aliphatic rings. The fourth-order valence-electron chi connectivity index (χ4n) is 1.61. The molecule has 0 saturated heterocycles. The molecule has 0 aliphatic heterocycles. The van der Waals surface area contributed by atoms with Gasteiger partial charge in [0, 0.05) is 13.7 Å². The zero-order valence-corrected chi connectivity index (χ0v) is 12.1. The predicted molar refractivity (Wildman–Crippen MR) is 74.2 cm³/mol. The van der Waals surface area contributed by atoms with Crippen molar-refractivity contribution >= 4 is 21.7 Å². The maximum atomic E-state index is 11.8. The minimum atomic E-state index is -3.58. The molecule has 0 heterocycles. The highest BCUT2D eigenvalue weighted by Crippen LogP contribution is 2.20. The predicted octanol–water partition coefficient (Wildman–Crippen LogP) is 0.496. The fourth-order valence-corrected chi connectivity index (χ4v) is 2.52. The molecule has 0 saturated carbocycles. The minimum Gasteiger partial charge on any atom is -0.481 e. The summed E-state index contributed by atoms with van der Waals surface area (Å²) in [6.45, 7) is 0.193. The zero-order valence-electron chi connectivity index (χ0n) is 11.3. The number of nitrogens with one attached hydrogen (secondary N) is 2. The Morgan fingerprint density at radius 1 is 1.40 bits per heavy atom. The van der Waals surface area contributed by atoms with Crippen molar-refractivity contribution in [2.75, 3.05) is 26.0 Å². The van der Waals surface area contributed by atoms with Gasteiger partial charge in [-0.3, -0.25) is 4.79 Å². The van der Waals surface area contributed by atoms with Gasteiger partial charge in [-0.05, 0) is 19.2 Å². The van der Waals surface area contributed by atoms with Crippen LogP contribution >= 0.6 is 0 Å². The summed E-state index contributed by atoms with van der Waals surface area (Å²) in [5, 5.41) is 11.6. The summed E-state index contributed by atoms with van der Waals surface area (Å²) in [5.74, 6) is -0.977. The molecule has 0 radical (unpaired) electrons. The monoisotopic (exact) mass is 302 g/mol. The van der Waals surface area contributed by atoms with Crippen molar-refractivity contribution in [3.05, 3.63) is 24.3 Å². The van der Waals surface area contributed by atoms with Crippen LogP contribution < -0.4 is 10.0 Å². The third-order valence-electron chi connectivity index (χ3n) is 2.70. The molecule has 0 bridgehead atoms. The van der Waals surface area contributed by atoms with Crippen LogP contribution in [0.4, 0.5) is 5.69 Å². The van der Waals surface area contributed by atoms with Crippen LogP contribution in [0.5, 0.6) is 0 Å². The summed E-state index contributed by atoms with van der Waals surface area (Å²) in [7, 11) is -0.840. The van der Waals surface area contributed by atoms with Gasteiger partial charge < -0.3 is 15.2 Å². The van der Waals surface area contributed by atoms with Gasteiger partial charge in [0.15, 0.2) is 0 Å². The molecule has 8 heteroatoms. The average molecular weight is 302 g/mol. The summed E-state index contributed by atoms with van der Waals surface area (Å²) in [6.07, 6.45) is -0.706. The molecular weight excluding hydrogens is 284 g/mol. The van der Waals surface area contributed by atoms with Crippen LogP contribution in [0.15, 0.2) is 29.2 Å². The van der Waals surface area contributed by atoms with E-state index >= 15 is 0 Å². The van der Waals surface area contributed by atoms with E-state index in [1.54, 1.807) is 18.2 Å². The Balaban J connectivity index is 2.86. The Bertz CT molecular complexity index is 559. The van der Waals surface area contributed by atoms with Crippen molar-refractivity contribution in [2.24, 2.45) is 0 Å². The van der Waals surface area contributed by atoms with Crippen LogP contribution in [0.1, 0.15) is 6.42 Å². The number of methoxy groups -OCH3 is 1. The number of para-hydroxylation sites is 1. The molecule has 1 aromatic carbocycles. The maximum absolute atomic E-state index is 11.8. The zero-order chi connectivity index (χ0) is 15.2. The van der Waals surface area contributed by atoms with Crippen molar-refractivity contribution in [3.63, 3.8) is 0 Å². The molecule has 1 rings (SSSR count). The van der Waals surface area contributed by atoms with Crippen molar-refractivity contribution in [2.45, 2.75) is 17.4 Å². The molecule has 0 amide bonds. The summed E-state index contributed by atoms with van der Waals surface area (Å²) in [6, 6.07) is 6.38. The van der Waals surface area contributed by atoms with Crippen LogP contribution in [-0.4, -0.2) is 46.3 Å². The van der Waals surface area contributed by atoms with Crippen LogP contribution in [0.3, 0.4) is 0 Å². The number of carboxylic acid groups (broad SMARTS) is 1. The molecular formula is C12H18N2O5S. The van der Waals surface area contributed by atoms with Crippen molar-refractivity contribution < 1.29 is 23.1 Å². The number of aliphatic carboxylic acids is 1. The van der Waals surface area contributed by atoms with Gasteiger partial charge in [-0.25, -0.2) is 13.1 Å². The van der Waals surface area contributed by atoms with E-state index in [-0.39, 0.29) is 17.9 Å².